The zero-order valence-electron chi connectivity index (χ0n) is 8.95. The van der Waals surface area contributed by atoms with Gasteiger partial charge in [-0.3, -0.25) is 5.32 Å². The van der Waals surface area contributed by atoms with Crippen LogP contribution in [0.25, 0.3) is 10.2 Å². The van der Waals surface area contributed by atoms with E-state index >= 15 is 0 Å². The quantitative estimate of drug-likeness (QED) is 0.786. The van der Waals surface area contributed by atoms with Crippen LogP contribution >= 0.6 is 22.9 Å². The van der Waals surface area contributed by atoms with Gasteiger partial charge in [0.2, 0.25) is 0 Å². The molecule has 0 aliphatic rings. The van der Waals surface area contributed by atoms with E-state index in [1.165, 1.54) is 17.4 Å². The molecule has 0 aliphatic carbocycles. The van der Waals surface area contributed by atoms with Crippen molar-refractivity contribution in [1.82, 2.24) is 10.3 Å². The van der Waals surface area contributed by atoms with Gasteiger partial charge in [-0.05, 0) is 19.1 Å². The number of phenols is 1. The van der Waals surface area contributed by atoms with E-state index in [4.69, 9.17) is 11.6 Å². The van der Waals surface area contributed by atoms with Crippen molar-refractivity contribution in [2.24, 2.45) is 0 Å². The van der Waals surface area contributed by atoms with Crippen molar-refractivity contribution in [3.05, 3.63) is 17.2 Å². The number of hydrogen-bond donors (Lipinski definition) is 3. The van der Waals surface area contributed by atoms with Crippen LogP contribution in [0.1, 0.15) is 6.92 Å². The number of urea groups is 1. The molecule has 90 valence electrons. The monoisotopic (exact) mass is 271 g/mol. The lowest BCUT2D eigenvalue weighted by Crippen LogP contribution is -2.28. The lowest BCUT2D eigenvalue weighted by molar-refractivity contribution is 0.252. The number of rotatable bonds is 2. The van der Waals surface area contributed by atoms with Crippen molar-refractivity contribution >= 4 is 44.3 Å². The van der Waals surface area contributed by atoms with Gasteiger partial charge in [-0.15, -0.1) is 0 Å². The second-order valence-corrected chi connectivity index (χ2v) is 4.65. The second kappa shape index (κ2) is 4.77. The highest BCUT2D eigenvalue weighted by Crippen LogP contribution is 2.36. The highest BCUT2D eigenvalue weighted by Gasteiger charge is 2.12. The van der Waals surface area contributed by atoms with Crippen LogP contribution in [0.5, 0.6) is 5.75 Å². The van der Waals surface area contributed by atoms with Crippen molar-refractivity contribution < 1.29 is 9.90 Å². The number of anilines is 1. The molecule has 0 atom stereocenters. The molecule has 0 unspecified atom stereocenters. The third-order valence-electron chi connectivity index (χ3n) is 2.03. The van der Waals surface area contributed by atoms with E-state index in [1.807, 2.05) is 6.92 Å². The number of nitrogens with zero attached hydrogens (tertiary/aromatic N) is 1. The first kappa shape index (κ1) is 11.9. The number of benzene rings is 1. The molecule has 1 heterocycles. The topological polar surface area (TPSA) is 74.2 Å². The van der Waals surface area contributed by atoms with Crippen molar-refractivity contribution in [1.29, 1.82) is 0 Å². The molecule has 1 aromatic carbocycles. The molecule has 0 spiro atoms. The first-order chi connectivity index (χ1) is 8.11. The minimum absolute atomic E-state index is 0.103. The van der Waals surface area contributed by atoms with Crippen LogP contribution in [0.3, 0.4) is 0 Å². The summed E-state index contributed by atoms with van der Waals surface area (Å²) in [6.45, 7) is 2.35. The van der Waals surface area contributed by atoms with Gasteiger partial charge < -0.3 is 10.4 Å². The summed E-state index contributed by atoms with van der Waals surface area (Å²) >= 11 is 7.12. The molecule has 0 bridgehead atoms. The van der Waals surface area contributed by atoms with Gasteiger partial charge in [-0.2, -0.15) is 0 Å². The molecule has 3 N–H and O–H groups in total. The Bertz CT molecular complexity index is 531. The Morgan fingerprint density at radius 3 is 3.00 bits per heavy atom. The normalized spacial score (nSPS) is 10.5. The predicted molar refractivity (Wildman–Crippen MR) is 69.0 cm³/mol. The van der Waals surface area contributed by atoms with E-state index in [0.29, 0.717) is 26.9 Å². The van der Waals surface area contributed by atoms with Crippen LogP contribution in [0, 0.1) is 0 Å². The fraction of sp³-hybridized carbons (Fsp3) is 0.200. The van der Waals surface area contributed by atoms with E-state index in [-0.39, 0.29) is 11.8 Å². The highest BCUT2D eigenvalue weighted by molar-refractivity contribution is 7.22. The number of nitrogens with one attached hydrogen (secondary N) is 2. The van der Waals surface area contributed by atoms with E-state index in [0.717, 1.165) is 0 Å². The first-order valence-corrected chi connectivity index (χ1v) is 6.14. The molecule has 0 radical (unpaired) electrons. The zero-order chi connectivity index (χ0) is 12.4. The number of hydrogen-bond acceptors (Lipinski definition) is 4. The third kappa shape index (κ3) is 2.42. The second-order valence-electron chi connectivity index (χ2n) is 3.25. The zero-order valence-corrected chi connectivity index (χ0v) is 10.5. The van der Waals surface area contributed by atoms with Crippen LogP contribution < -0.4 is 10.6 Å². The predicted octanol–water partition coefficient (Wildman–Crippen LogP) is 2.80. The van der Waals surface area contributed by atoms with Crippen LogP contribution in [0.4, 0.5) is 9.93 Å². The molecule has 2 amide bonds. The number of phenolic OH excluding ortho intramolecular Hbond substituents is 1. The van der Waals surface area contributed by atoms with Gasteiger partial charge >= 0.3 is 6.03 Å². The highest BCUT2D eigenvalue weighted by atomic mass is 35.5. The summed E-state index contributed by atoms with van der Waals surface area (Å²) in [6.07, 6.45) is 0. The van der Waals surface area contributed by atoms with E-state index in [2.05, 4.69) is 15.6 Å². The number of halogens is 1. The molecular formula is C10H10ClN3O2S. The van der Waals surface area contributed by atoms with Crippen molar-refractivity contribution in [3.8, 4) is 5.75 Å². The average molecular weight is 272 g/mol. The molecule has 0 aliphatic heterocycles. The standard InChI is InChI=1S/C10H10ClN3O2S/c1-2-12-9(16)14-10-13-7-5(11)3-4-6(15)8(7)17-10/h3-4,15H,2H2,1H3,(H2,12,13,14,16). The fourth-order valence-corrected chi connectivity index (χ4v) is 2.47. The summed E-state index contributed by atoms with van der Waals surface area (Å²) in [5.41, 5.74) is 0.489. The van der Waals surface area contributed by atoms with Gasteiger partial charge in [0.15, 0.2) is 5.13 Å². The Balaban J connectivity index is 2.35. The third-order valence-corrected chi connectivity index (χ3v) is 3.33. The van der Waals surface area contributed by atoms with Gasteiger partial charge in [-0.1, -0.05) is 22.9 Å². The van der Waals surface area contributed by atoms with Crippen molar-refractivity contribution in [3.63, 3.8) is 0 Å². The van der Waals surface area contributed by atoms with Gasteiger partial charge in [0.25, 0.3) is 0 Å². The largest absolute Gasteiger partial charge is 0.506 e. The Morgan fingerprint density at radius 2 is 2.35 bits per heavy atom. The van der Waals surface area contributed by atoms with Gasteiger partial charge in [0.05, 0.1) is 9.72 Å². The van der Waals surface area contributed by atoms with Gasteiger partial charge in [0.1, 0.15) is 11.3 Å². The van der Waals surface area contributed by atoms with Crippen LogP contribution in [0.2, 0.25) is 5.02 Å². The van der Waals surface area contributed by atoms with Crippen LogP contribution in [-0.4, -0.2) is 22.7 Å². The number of amides is 2. The molecule has 17 heavy (non-hydrogen) atoms. The van der Waals surface area contributed by atoms with E-state index in [1.54, 1.807) is 6.07 Å². The number of carbonyl (C=O) groups is 1. The summed E-state index contributed by atoms with van der Waals surface area (Å²) in [6, 6.07) is 2.73. The number of carbonyl (C=O) groups excluding carboxylic acids is 1. The molecule has 5 nitrogen and oxygen atoms in total. The van der Waals surface area contributed by atoms with Crippen LogP contribution in [0.15, 0.2) is 12.1 Å². The van der Waals surface area contributed by atoms with Crippen molar-refractivity contribution in [2.45, 2.75) is 6.92 Å². The number of fused-ring (bicyclic) bond motifs is 1. The Hall–Kier alpha value is -1.53. The summed E-state index contributed by atoms with van der Waals surface area (Å²) < 4.78 is 0.560. The van der Waals surface area contributed by atoms with Crippen LogP contribution in [-0.2, 0) is 0 Å². The Morgan fingerprint density at radius 1 is 1.59 bits per heavy atom. The Labute approximate surface area is 106 Å². The maximum Gasteiger partial charge on any atom is 0.321 e. The summed E-state index contributed by atoms with van der Waals surface area (Å²) in [4.78, 5) is 15.5. The molecule has 1 aromatic heterocycles. The lowest BCUT2D eigenvalue weighted by atomic mass is 10.3. The van der Waals surface area contributed by atoms with E-state index in [9.17, 15) is 9.90 Å². The number of aromatic nitrogens is 1. The molecule has 2 rings (SSSR count). The average Bonchev–Trinajstić information content (AvgIpc) is 2.69. The number of thiazole rings is 1. The molecule has 0 fully saturated rings. The minimum Gasteiger partial charge on any atom is -0.506 e. The molecule has 7 heteroatoms. The summed E-state index contributed by atoms with van der Waals surface area (Å²) in [5.74, 6) is 0.103. The van der Waals surface area contributed by atoms with Gasteiger partial charge in [-0.25, -0.2) is 9.78 Å². The number of aromatic hydroxyl groups is 1. The summed E-state index contributed by atoms with van der Waals surface area (Å²) in [7, 11) is 0. The van der Waals surface area contributed by atoms with Gasteiger partial charge in [0, 0.05) is 6.54 Å². The minimum atomic E-state index is -0.331. The fourth-order valence-electron chi connectivity index (χ4n) is 1.32. The van der Waals surface area contributed by atoms with E-state index < -0.39 is 0 Å². The lowest BCUT2D eigenvalue weighted by Gasteiger charge is -2.00. The Kier molecular flexibility index (Phi) is 3.35. The molecule has 2 aromatic rings. The maximum atomic E-state index is 11.3. The molecule has 0 saturated heterocycles. The first-order valence-electron chi connectivity index (χ1n) is 4.94. The smallest absolute Gasteiger partial charge is 0.321 e. The molecule has 0 saturated carbocycles. The maximum absolute atomic E-state index is 11.3. The molecular weight excluding hydrogens is 262 g/mol. The van der Waals surface area contributed by atoms with Crippen molar-refractivity contribution in [2.75, 3.05) is 11.9 Å². The summed E-state index contributed by atoms with van der Waals surface area (Å²) in [5, 5.41) is 15.6. The SMILES string of the molecule is CCNC(=O)Nc1nc2c(Cl)ccc(O)c2s1.